The third-order valence-corrected chi connectivity index (χ3v) is 2.84. The van der Waals surface area contributed by atoms with E-state index in [0.29, 0.717) is 38.6 Å². The van der Waals surface area contributed by atoms with Gasteiger partial charge in [0.1, 0.15) is 5.56 Å². The van der Waals surface area contributed by atoms with Crippen molar-refractivity contribution in [2.24, 2.45) is 7.05 Å². The van der Waals surface area contributed by atoms with Gasteiger partial charge in [-0.3, -0.25) is 4.68 Å². The van der Waals surface area contributed by atoms with Crippen molar-refractivity contribution >= 4 is 5.97 Å². The lowest BCUT2D eigenvalue weighted by molar-refractivity contribution is -0.0864. The van der Waals surface area contributed by atoms with Crippen LogP contribution in [0.5, 0.6) is 0 Å². The molecule has 1 aliphatic rings. The molecule has 0 saturated carbocycles. The SMILES string of the molecule is Cn1ncc(C(=O)O)c1CNCC1COCCO1. The van der Waals surface area contributed by atoms with Crippen LogP contribution < -0.4 is 5.32 Å². The maximum Gasteiger partial charge on any atom is 0.339 e. The predicted octanol–water partition coefficient (Wildman–Crippen LogP) is -0.377. The van der Waals surface area contributed by atoms with Crippen LogP contribution in [0.3, 0.4) is 0 Å². The number of aryl methyl sites for hydroxylation is 1. The summed E-state index contributed by atoms with van der Waals surface area (Å²) in [5, 5.41) is 16.1. The van der Waals surface area contributed by atoms with Crippen LogP contribution >= 0.6 is 0 Å². The van der Waals surface area contributed by atoms with E-state index in [1.165, 1.54) is 6.20 Å². The molecule has 0 aromatic carbocycles. The highest BCUT2D eigenvalue weighted by molar-refractivity contribution is 5.88. The molecule has 1 atom stereocenters. The standard InChI is InChI=1S/C11H17N3O4/c1-14-10(9(5-13-14)11(15)16)6-12-4-8-7-17-2-3-18-8/h5,8,12H,2-4,6-7H2,1H3,(H,15,16). The maximum absolute atomic E-state index is 11.0. The maximum atomic E-state index is 11.0. The molecule has 0 amide bonds. The lowest BCUT2D eigenvalue weighted by atomic mass is 10.2. The second-order valence-electron chi connectivity index (χ2n) is 4.13. The van der Waals surface area contributed by atoms with Gasteiger partial charge < -0.3 is 19.9 Å². The molecule has 1 unspecified atom stereocenters. The first kappa shape index (κ1) is 13.0. The van der Waals surface area contributed by atoms with Gasteiger partial charge in [0.05, 0.1) is 37.8 Å². The third kappa shape index (κ3) is 3.06. The van der Waals surface area contributed by atoms with Crippen LogP contribution in [0, 0.1) is 0 Å². The zero-order valence-electron chi connectivity index (χ0n) is 10.3. The van der Waals surface area contributed by atoms with E-state index >= 15 is 0 Å². The number of carbonyl (C=O) groups is 1. The van der Waals surface area contributed by atoms with Crippen molar-refractivity contribution < 1.29 is 19.4 Å². The van der Waals surface area contributed by atoms with E-state index in [2.05, 4.69) is 10.4 Å². The molecular weight excluding hydrogens is 238 g/mol. The Morgan fingerprint density at radius 2 is 2.50 bits per heavy atom. The smallest absolute Gasteiger partial charge is 0.339 e. The van der Waals surface area contributed by atoms with Crippen LogP contribution in [0.4, 0.5) is 0 Å². The van der Waals surface area contributed by atoms with E-state index in [-0.39, 0.29) is 11.7 Å². The van der Waals surface area contributed by atoms with Crippen LogP contribution in [0.2, 0.25) is 0 Å². The third-order valence-electron chi connectivity index (χ3n) is 2.84. The Bertz CT molecular complexity index is 412. The number of nitrogens with zero attached hydrogens (tertiary/aromatic N) is 2. The van der Waals surface area contributed by atoms with Gasteiger partial charge in [-0.2, -0.15) is 5.10 Å². The van der Waals surface area contributed by atoms with Crippen LogP contribution in [0.15, 0.2) is 6.20 Å². The highest BCUT2D eigenvalue weighted by atomic mass is 16.6. The van der Waals surface area contributed by atoms with Crippen molar-refractivity contribution in [3.05, 3.63) is 17.5 Å². The molecule has 0 spiro atoms. The van der Waals surface area contributed by atoms with Crippen LogP contribution in [0.25, 0.3) is 0 Å². The van der Waals surface area contributed by atoms with Crippen LogP contribution in [0.1, 0.15) is 16.1 Å². The molecule has 0 aliphatic carbocycles. The highest BCUT2D eigenvalue weighted by Crippen LogP contribution is 2.07. The summed E-state index contributed by atoms with van der Waals surface area (Å²) in [6, 6.07) is 0. The van der Waals surface area contributed by atoms with Crippen molar-refractivity contribution in [2.75, 3.05) is 26.4 Å². The van der Waals surface area contributed by atoms with Crippen molar-refractivity contribution in [1.29, 1.82) is 0 Å². The topological polar surface area (TPSA) is 85.6 Å². The number of hydrogen-bond donors (Lipinski definition) is 2. The van der Waals surface area contributed by atoms with Crippen molar-refractivity contribution in [3.63, 3.8) is 0 Å². The molecule has 2 heterocycles. The summed E-state index contributed by atoms with van der Waals surface area (Å²) in [6.45, 7) is 2.90. The molecule has 0 radical (unpaired) electrons. The number of carboxylic acid groups (broad SMARTS) is 1. The summed E-state index contributed by atoms with van der Waals surface area (Å²) < 4.78 is 12.3. The largest absolute Gasteiger partial charge is 0.478 e. The predicted molar refractivity (Wildman–Crippen MR) is 62.4 cm³/mol. The number of ether oxygens (including phenoxy) is 2. The molecule has 18 heavy (non-hydrogen) atoms. The van der Waals surface area contributed by atoms with E-state index in [1.807, 2.05) is 0 Å². The Hall–Kier alpha value is -1.44. The van der Waals surface area contributed by atoms with Gasteiger partial charge in [-0.15, -0.1) is 0 Å². The van der Waals surface area contributed by atoms with Gasteiger partial charge >= 0.3 is 5.97 Å². The summed E-state index contributed by atoms with van der Waals surface area (Å²) in [4.78, 5) is 11.0. The zero-order valence-corrected chi connectivity index (χ0v) is 10.3. The molecule has 1 aromatic heterocycles. The zero-order chi connectivity index (χ0) is 13.0. The number of aromatic nitrogens is 2. The Morgan fingerprint density at radius 3 is 3.17 bits per heavy atom. The number of aromatic carboxylic acids is 1. The lowest BCUT2D eigenvalue weighted by Crippen LogP contribution is -2.37. The molecule has 7 nitrogen and oxygen atoms in total. The molecule has 100 valence electrons. The van der Waals surface area contributed by atoms with Crippen LogP contribution in [-0.2, 0) is 23.1 Å². The molecule has 7 heteroatoms. The van der Waals surface area contributed by atoms with Gasteiger partial charge in [0.2, 0.25) is 0 Å². The molecule has 1 saturated heterocycles. The fourth-order valence-electron chi connectivity index (χ4n) is 1.86. The molecule has 0 bridgehead atoms. The summed E-state index contributed by atoms with van der Waals surface area (Å²) in [7, 11) is 1.73. The molecule has 2 rings (SSSR count). The van der Waals surface area contributed by atoms with Gasteiger partial charge in [-0.05, 0) is 0 Å². The van der Waals surface area contributed by atoms with Gasteiger partial charge in [-0.1, -0.05) is 0 Å². The molecule has 1 aliphatic heterocycles. The first-order valence-corrected chi connectivity index (χ1v) is 5.82. The highest BCUT2D eigenvalue weighted by Gasteiger charge is 2.17. The Kier molecular flexibility index (Phi) is 4.29. The van der Waals surface area contributed by atoms with Gasteiger partial charge in [0.25, 0.3) is 0 Å². The van der Waals surface area contributed by atoms with Crippen molar-refractivity contribution in [1.82, 2.24) is 15.1 Å². The Morgan fingerprint density at radius 1 is 1.67 bits per heavy atom. The second kappa shape index (κ2) is 5.94. The fraction of sp³-hybridized carbons (Fsp3) is 0.636. The summed E-state index contributed by atoms with van der Waals surface area (Å²) in [5.41, 5.74) is 0.880. The minimum absolute atomic E-state index is 0.0280. The van der Waals surface area contributed by atoms with E-state index in [0.717, 1.165) is 0 Å². The monoisotopic (exact) mass is 255 g/mol. The van der Waals surface area contributed by atoms with E-state index in [4.69, 9.17) is 14.6 Å². The summed E-state index contributed by atoms with van der Waals surface area (Å²) in [6.07, 6.45) is 1.39. The number of hydrogen-bond acceptors (Lipinski definition) is 5. The Balaban J connectivity index is 1.85. The van der Waals surface area contributed by atoms with Gasteiger partial charge in [0, 0.05) is 20.1 Å². The average molecular weight is 255 g/mol. The van der Waals surface area contributed by atoms with Crippen LogP contribution in [-0.4, -0.2) is 53.3 Å². The average Bonchev–Trinajstić information content (AvgIpc) is 2.73. The number of nitrogens with one attached hydrogen (secondary N) is 1. The Labute approximate surface area is 105 Å². The van der Waals surface area contributed by atoms with E-state index in [9.17, 15) is 4.79 Å². The minimum atomic E-state index is -0.961. The normalized spacial score (nSPS) is 19.9. The number of rotatable bonds is 5. The molecule has 1 aromatic rings. The molecule has 2 N–H and O–H groups in total. The molecule has 1 fully saturated rings. The first-order chi connectivity index (χ1) is 8.68. The molecular formula is C11H17N3O4. The summed E-state index contributed by atoms with van der Waals surface area (Å²) >= 11 is 0. The van der Waals surface area contributed by atoms with Crippen molar-refractivity contribution in [2.45, 2.75) is 12.6 Å². The fourth-order valence-corrected chi connectivity index (χ4v) is 1.86. The minimum Gasteiger partial charge on any atom is -0.478 e. The van der Waals surface area contributed by atoms with Crippen molar-refractivity contribution in [3.8, 4) is 0 Å². The van der Waals surface area contributed by atoms with Gasteiger partial charge in [0.15, 0.2) is 0 Å². The quantitative estimate of drug-likeness (QED) is 0.746. The lowest BCUT2D eigenvalue weighted by Gasteiger charge is -2.23. The van der Waals surface area contributed by atoms with E-state index in [1.54, 1.807) is 11.7 Å². The first-order valence-electron chi connectivity index (χ1n) is 5.82. The summed E-state index contributed by atoms with van der Waals surface area (Å²) in [5.74, 6) is -0.961. The van der Waals surface area contributed by atoms with Gasteiger partial charge in [-0.25, -0.2) is 4.79 Å². The number of carboxylic acids is 1. The van der Waals surface area contributed by atoms with E-state index < -0.39 is 5.97 Å². The second-order valence-corrected chi connectivity index (χ2v) is 4.13.